The summed E-state index contributed by atoms with van der Waals surface area (Å²) >= 11 is 1.66. The van der Waals surface area contributed by atoms with Gasteiger partial charge in [0.1, 0.15) is 17.3 Å². The molecule has 186 valence electrons. The third-order valence-electron chi connectivity index (χ3n) is 5.74. The maximum absolute atomic E-state index is 15.9. The van der Waals surface area contributed by atoms with Gasteiger partial charge in [-0.25, -0.2) is 26.7 Å². The van der Waals surface area contributed by atoms with Crippen LogP contribution >= 0.6 is 11.8 Å². The summed E-state index contributed by atoms with van der Waals surface area (Å²) in [7, 11) is 0. The zero-order valence-electron chi connectivity index (χ0n) is 18.3. The van der Waals surface area contributed by atoms with E-state index < -0.39 is 68.7 Å². The summed E-state index contributed by atoms with van der Waals surface area (Å²) in [5.74, 6) is -6.21. The summed E-state index contributed by atoms with van der Waals surface area (Å²) in [5.41, 5.74) is -3.54. The van der Waals surface area contributed by atoms with Crippen LogP contribution in [0.4, 0.5) is 32.4 Å². The van der Waals surface area contributed by atoms with Crippen LogP contribution in [0.3, 0.4) is 0 Å². The zero-order valence-corrected chi connectivity index (χ0v) is 19.1. The van der Waals surface area contributed by atoms with Crippen molar-refractivity contribution in [2.45, 2.75) is 13.3 Å². The number of carbonyl (C=O) groups is 1. The van der Waals surface area contributed by atoms with E-state index in [4.69, 9.17) is 5.11 Å². The molecule has 1 saturated heterocycles. The van der Waals surface area contributed by atoms with Gasteiger partial charge in [0.2, 0.25) is 5.43 Å². The van der Waals surface area contributed by atoms with Gasteiger partial charge in [-0.15, -0.1) is 0 Å². The number of carboxylic acid groups (broad SMARTS) is 1. The molecule has 0 amide bonds. The van der Waals surface area contributed by atoms with Crippen molar-refractivity contribution in [3.63, 3.8) is 0 Å². The number of pyridine rings is 1. The molecular formula is C23H19F5N2O4S. The second kappa shape index (κ2) is 9.76. The monoisotopic (exact) mass is 514 g/mol. The lowest BCUT2D eigenvalue weighted by molar-refractivity contribution is 0.144. The van der Waals surface area contributed by atoms with E-state index in [2.05, 4.69) is 4.74 Å². The van der Waals surface area contributed by atoms with Gasteiger partial charge in [0, 0.05) is 19.2 Å². The van der Waals surface area contributed by atoms with Gasteiger partial charge in [-0.1, -0.05) is 6.92 Å². The van der Waals surface area contributed by atoms with E-state index in [-0.39, 0.29) is 19.0 Å². The minimum Gasteiger partial charge on any atom is -0.449 e. The summed E-state index contributed by atoms with van der Waals surface area (Å²) in [6.45, 7) is 2.44. The molecule has 2 aromatic carbocycles. The van der Waals surface area contributed by atoms with Crippen molar-refractivity contribution in [3.8, 4) is 11.4 Å². The molecule has 12 heteroatoms. The minimum absolute atomic E-state index is 0.0978. The maximum atomic E-state index is 15.9. The molecule has 1 unspecified atom stereocenters. The van der Waals surface area contributed by atoms with E-state index in [1.54, 1.807) is 11.8 Å². The van der Waals surface area contributed by atoms with E-state index >= 15 is 13.2 Å². The van der Waals surface area contributed by atoms with Gasteiger partial charge in [-0.3, -0.25) is 4.79 Å². The van der Waals surface area contributed by atoms with Gasteiger partial charge >= 0.3 is 6.16 Å². The number of anilines is 1. The molecule has 0 radical (unpaired) electrons. The average molecular weight is 514 g/mol. The number of rotatable bonds is 6. The van der Waals surface area contributed by atoms with Crippen LogP contribution in [0.2, 0.25) is 0 Å². The normalized spacial score (nSPS) is 15.7. The van der Waals surface area contributed by atoms with Crippen molar-refractivity contribution in [2.75, 3.05) is 29.5 Å². The second-order valence-electron chi connectivity index (χ2n) is 7.93. The van der Waals surface area contributed by atoms with E-state index in [1.807, 2.05) is 6.92 Å². The van der Waals surface area contributed by atoms with Gasteiger partial charge in [0.25, 0.3) is 0 Å². The first-order valence-electron chi connectivity index (χ1n) is 10.6. The molecule has 0 bridgehead atoms. The number of ether oxygens (including phenoxy) is 1. The topological polar surface area (TPSA) is 71.8 Å². The first-order valence-corrected chi connectivity index (χ1v) is 11.7. The molecule has 35 heavy (non-hydrogen) atoms. The summed E-state index contributed by atoms with van der Waals surface area (Å²) in [6, 6.07) is 2.18. The molecular weight excluding hydrogens is 495 g/mol. The van der Waals surface area contributed by atoms with E-state index in [9.17, 15) is 18.4 Å². The predicted octanol–water partition coefficient (Wildman–Crippen LogP) is 5.32. The maximum Gasteiger partial charge on any atom is 0.511 e. The number of aromatic nitrogens is 1. The van der Waals surface area contributed by atoms with Gasteiger partial charge in [-0.2, -0.15) is 11.8 Å². The van der Waals surface area contributed by atoms with Gasteiger partial charge in [0.05, 0.1) is 22.8 Å². The van der Waals surface area contributed by atoms with Crippen LogP contribution in [0.5, 0.6) is 5.75 Å². The largest absolute Gasteiger partial charge is 0.511 e. The second-order valence-corrected chi connectivity index (χ2v) is 9.25. The highest BCUT2D eigenvalue weighted by Gasteiger charge is 2.33. The van der Waals surface area contributed by atoms with Crippen molar-refractivity contribution in [2.24, 2.45) is 5.92 Å². The lowest BCUT2D eigenvalue weighted by atomic mass is 10.1. The van der Waals surface area contributed by atoms with Crippen LogP contribution in [0.15, 0.2) is 29.2 Å². The highest BCUT2D eigenvalue weighted by Crippen LogP contribution is 2.37. The van der Waals surface area contributed by atoms with Crippen molar-refractivity contribution < 1.29 is 36.6 Å². The molecule has 3 aromatic rings. The molecule has 2 heterocycles. The number of fused-ring (bicyclic) bond motifs is 1. The first kappa shape index (κ1) is 24.8. The van der Waals surface area contributed by atoms with Crippen LogP contribution in [0.1, 0.15) is 13.3 Å². The third-order valence-corrected chi connectivity index (χ3v) is 6.85. The number of nitrogens with zero attached hydrogens (tertiary/aromatic N) is 2. The molecule has 0 aliphatic carbocycles. The minimum atomic E-state index is -1.96. The Morgan fingerprint density at radius 2 is 1.91 bits per heavy atom. The summed E-state index contributed by atoms with van der Waals surface area (Å²) in [6.07, 6.45) is -0.709. The Bertz CT molecular complexity index is 1380. The lowest BCUT2D eigenvalue weighted by Crippen LogP contribution is -2.25. The quantitative estimate of drug-likeness (QED) is 0.273. The molecule has 1 aromatic heterocycles. The smallest absolute Gasteiger partial charge is 0.449 e. The fraction of sp³-hybridized carbons (Fsp3) is 0.304. The molecule has 1 aliphatic rings. The van der Waals surface area contributed by atoms with Gasteiger partial charge in [0.15, 0.2) is 23.2 Å². The Morgan fingerprint density at radius 3 is 2.57 bits per heavy atom. The number of hydrogen-bond acceptors (Lipinski definition) is 5. The van der Waals surface area contributed by atoms with Crippen molar-refractivity contribution in [1.29, 1.82) is 0 Å². The Labute approximate surface area is 199 Å². The van der Waals surface area contributed by atoms with Gasteiger partial charge in [-0.05, 0) is 36.0 Å². The van der Waals surface area contributed by atoms with Crippen molar-refractivity contribution in [1.82, 2.24) is 4.57 Å². The molecule has 1 aliphatic heterocycles. The summed E-state index contributed by atoms with van der Waals surface area (Å²) in [5, 5.41) is 7.76. The van der Waals surface area contributed by atoms with Crippen molar-refractivity contribution >= 4 is 34.5 Å². The standard InChI is InChI=1S/C23H19F5N2O4S/c1-2-35-10-11-5-6-29(8-11)21-18(27)17(26)16-20(19(21)28)30(9-15(22(16)31)34-23(32)33)14-4-3-12(24)7-13(14)25/h3-4,7,9,11H,2,5-6,8,10H2,1H3,(H,32,33). The van der Waals surface area contributed by atoms with Crippen LogP contribution < -0.4 is 15.1 Å². The third kappa shape index (κ3) is 4.54. The molecule has 0 spiro atoms. The SMILES string of the molecule is CCSCC1CCN(c2c(F)c(F)c3c(=O)c(OC(=O)O)cn(-c4ccc(F)cc4F)c3c2F)C1. The van der Waals surface area contributed by atoms with E-state index in [0.717, 1.165) is 23.6 Å². The number of thioether (sulfide) groups is 1. The molecule has 1 fully saturated rings. The Hall–Kier alpha value is -3.28. The number of halogens is 5. The Balaban J connectivity index is 2.01. The van der Waals surface area contributed by atoms with Crippen LogP contribution in [0, 0.1) is 35.0 Å². The van der Waals surface area contributed by atoms with Crippen LogP contribution in [-0.2, 0) is 0 Å². The molecule has 1 N–H and O–H groups in total. The average Bonchev–Trinajstić information content (AvgIpc) is 3.25. The van der Waals surface area contributed by atoms with Gasteiger partial charge < -0.3 is 19.3 Å². The zero-order chi connectivity index (χ0) is 25.4. The van der Waals surface area contributed by atoms with Crippen LogP contribution in [0.25, 0.3) is 16.6 Å². The van der Waals surface area contributed by atoms with E-state index in [1.165, 1.54) is 4.90 Å². The predicted molar refractivity (Wildman–Crippen MR) is 121 cm³/mol. The highest BCUT2D eigenvalue weighted by molar-refractivity contribution is 7.99. The molecule has 1 atom stereocenters. The van der Waals surface area contributed by atoms with E-state index in [0.29, 0.717) is 23.3 Å². The van der Waals surface area contributed by atoms with Crippen LogP contribution in [-0.4, -0.2) is 40.4 Å². The summed E-state index contributed by atoms with van der Waals surface area (Å²) < 4.78 is 79.5. The highest BCUT2D eigenvalue weighted by atomic mass is 32.2. The molecule has 6 nitrogen and oxygen atoms in total. The number of hydrogen-bond donors (Lipinski definition) is 1. The lowest BCUT2D eigenvalue weighted by Gasteiger charge is -2.23. The first-order chi connectivity index (χ1) is 16.6. The number of benzene rings is 2. The summed E-state index contributed by atoms with van der Waals surface area (Å²) in [4.78, 5) is 25.1. The van der Waals surface area contributed by atoms with Crippen molar-refractivity contribution in [3.05, 3.63) is 63.7 Å². The Morgan fingerprint density at radius 1 is 1.17 bits per heavy atom. The molecule has 0 saturated carbocycles. The molecule has 4 rings (SSSR count). The Kier molecular flexibility index (Phi) is 6.93. The fourth-order valence-electron chi connectivity index (χ4n) is 4.20. The fourth-order valence-corrected chi connectivity index (χ4v) is 5.04.